The summed E-state index contributed by atoms with van der Waals surface area (Å²) in [4.78, 5) is 26.1. The van der Waals surface area contributed by atoms with E-state index in [4.69, 9.17) is 9.47 Å². The molecule has 0 aromatic heterocycles. The van der Waals surface area contributed by atoms with E-state index in [0.717, 1.165) is 11.8 Å². The van der Waals surface area contributed by atoms with Gasteiger partial charge in [-0.2, -0.15) is 0 Å². The summed E-state index contributed by atoms with van der Waals surface area (Å²) < 4.78 is 25.6. The van der Waals surface area contributed by atoms with Gasteiger partial charge in [0.05, 0.1) is 12.0 Å². The molecule has 152 valence electrons. The second-order valence-corrected chi connectivity index (χ2v) is 8.40. The first-order valence-electron chi connectivity index (χ1n) is 8.82. The van der Waals surface area contributed by atoms with Crippen LogP contribution in [-0.4, -0.2) is 29.2 Å². The average Bonchev–Trinajstić information content (AvgIpc) is 2.96. The van der Waals surface area contributed by atoms with Crippen LogP contribution in [0.5, 0.6) is 11.5 Å². The molecular formula is C21H19BrFNO4S. The fraction of sp³-hybridized carbons (Fsp3) is 0.238. The van der Waals surface area contributed by atoms with Gasteiger partial charge in [-0.25, -0.2) is 4.39 Å². The van der Waals surface area contributed by atoms with E-state index in [1.165, 1.54) is 18.1 Å². The highest BCUT2D eigenvalue weighted by atomic mass is 79.9. The molecule has 5 nitrogen and oxygen atoms in total. The van der Waals surface area contributed by atoms with E-state index in [9.17, 15) is 14.0 Å². The first-order chi connectivity index (χ1) is 13.8. The van der Waals surface area contributed by atoms with E-state index in [1.807, 2.05) is 0 Å². The zero-order valence-electron chi connectivity index (χ0n) is 16.1. The van der Waals surface area contributed by atoms with Crippen molar-refractivity contribution in [2.75, 3.05) is 7.11 Å². The Labute approximate surface area is 181 Å². The second-order valence-electron chi connectivity index (χ2n) is 6.55. The Hall–Kier alpha value is -2.32. The summed E-state index contributed by atoms with van der Waals surface area (Å²) in [5, 5.41) is -0.288. The molecule has 1 heterocycles. The Morgan fingerprint density at radius 3 is 2.55 bits per heavy atom. The van der Waals surface area contributed by atoms with Crippen LogP contribution in [0.15, 0.2) is 45.8 Å². The quantitative estimate of drug-likeness (QED) is 0.503. The molecule has 1 saturated heterocycles. The van der Waals surface area contributed by atoms with E-state index < -0.39 is 0 Å². The lowest BCUT2D eigenvalue weighted by atomic mass is 10.1. The Bertz CT molecular complexity index is 993. The number of rotatable bonds is 6. The molecule has 2 aromatic rings. The van der Waals surface area contributed by atoms with Crippen LogP contribution >= 0.6 is 27.7 Å². The highest BCUT2D eigenvalue weighted by molar-refractivity contribution is 9.10. The van der Waals surface area contributed by atoms with Gasteiger partial charge in [0, 0.05) is 16.1 Å². The first-order valence-corrected chi connectivity index (χ1v) is 10.4. The van der Waals surface area contributed by atoms with Crippen LogP contribution in [0.25, 0.3) is 6.08 Å². The summed E-state index contributed by atoms with van der Waals surface area (Å²) in [6, 6.07) is 9.56. The Balaban J connectivity index is 1.86. The van der Waals surface area contributed by atoms with Gasteiger partial charge in [0.2, 0.25) is 0 Å². The van der Waals surface area contributed by atoms with Crippen LogP contribution in [0, 0.1) is 5.82 Å². The van der Waals surface area contributed by atoms with Crippen LogP contribution in [0.1, 0.15) is 25.0 Å². The lowest BCUT2D eigenvalue weighted by Crippen LogP contribution is -2.34. The second kappa shape index (κ2) is 9.00. The standard InChI is InChI=1S/C21H19BrFNO4S/c1-12(2)24-20(25)19(29-21(24)26)9-14-8-17(27-3)18(10-15(14)22)28-11-13-6-4-5-7-16(13)23/h4-10,12H,11H2,1-3H3/b19-9+. The third kappa shape index (κ3) is 4.64. The fourth-order valence-electron chi connectivity index (χ4n) is 2.77. The van der Waals surface area contributed by atoms with E-state index in [2.05, 4.69) is 15.9 Å². The van der Waals surface area contributed by atoms with Crippen LogP contribution in [-0.2, 0) is 11.4 Å². The van der Waals surface area contributed by atoms with Crippen molar-refractivity contribution in [1.29, 1.82) is 0 Å². The van der Waals surface area contributed by atoms with Crippen molar-refractivity contribution in [2.45, 2.75) is 26.5 Å². The number of benzene rings is 2. The maximum absolute atomic E-state index is 13.8. The number of nitrogens with zero attached hydrogens (tertiary/aromatic N) is 1. The van der Waals surface area contributed by atoms with Crippen LogP contribution in [0.3, 0.4) is 0 Å². The van der Waals surface area contributed by atoms with Gasteiger partial charge in [-0.1, -0.05) is 34.1 Å². The molecule has 1 aliphatic rings. The summed E-state index contributed by atoms with van der Waals surface area (Å²) in [5.41, 5.74) is 1.09. The molecule has 1 fully saturated rings. The normalized spacial score (nSPS) is 15.5. The lowest BCUT2D eigenvalue weighted by Gasteiger charge is -2.16. The zero-order chi connectivity index (χ0) is 21.1. The van der Waals surface area contributed by atoms with E-state index in [-0.39, 0.29) is 29.6 Å². The number of carbonyl (C=O) groups is 2. The number of imide groups is 1. The Morgan fingerprint density at radius 2 is 1.93 bits per heavy atom. The Kier molecular flexibility index (Phi) is 6.64. The van der Waals surface area contributed by atoms with Gasteiger partial charge < -0.3 is 9.47 Å². The maximum Gasteiger partial charge on any atom is 0.293 e. The van der Waals surface area contributed by atoms with Gasteiger partial charge in [-0.3, -0.25) is 14.5 Å². The predicted octanol–water partition coefficient (Wildman–Crippen LogP) is 5.62. The molecule has 0 radical (unpaired) electrons. The van der Waals surface area contributed by atoms with Crippen molar-refractivity contribution < 1.29 is 23.5 Å². The minimum atomic E-state index is -0.344. The molecule has 0 N–H and O–H groups in total. The highest BCUT2D eigenvalue weighted by Gasteiger charge is 2.36. The number of halogens is 2. The van der Waals surface area contributed by atoms with Gasteiger partial charge in [-0.15, -0.1) is 0 Å². The number of ether oxygens (including phenoxy) is 2. The molecule has 2 amide bonds. The molecule has 8 heteroatoms. The molecule has 2 aromatic carbocycles. The molecule has 0 saturated carbocycles. The molecule has 1 aliphatic heterocycles. The van der Waals surface area contributed by atoms with Crippen molar-refractivity contribution >= 4 is 44.9 Å². The van der Waals surface area contributed by atoms with Crippen LogP contribution in [0.4, 0.5) is 9.18 Å². The van der Waals surface area contributed by atoms with Crippen LogP contribution in [0.2, 0.25) is 0 Å². The van der Waals surface area contributed by atoms with Crippen molar-refractivity contribution in [3.8, 4) is 11.5 Å². The number of amides is 2. The van der Waals surface area contributed by atoms with Gasteiger partial charge in [0.1, 0.15) is 12.4 Å². The SMILES string of the molecule is COc1cc(/C=C2/SC(=O)N(C(C)C)C2=O)c(Br)cc1OCc1ccccc1F. The van der Waals surface area contributed by atoms with Crippen molar-refractivity contribution in [1.82, 2.24) is 4.90 Å². The molecule has 0 spiro atoms. The minimum Gasteiger partial charge on any atom is -0.493 e. The minimum absolute atomic E-state index is 0.0437. The molecule has 3 rings (SSSR count). The molecule has 0 aliphatic carbocycles. The average molecular weight is 480 g/mol. The summed E-state index contributed by atoms with van der Waals surface area (Å²) in [6.07, 6.45) is 1.64. The van der Waals surface area contributed by atoms with Crippen molar-refractivity contribution in [3.63, 3.8) is 0 Å². The summed E-state index contributed by atoms with van der Waals surface area (Å²) in [7, 11) is 1.50. The third-order valence-electron chi connectivity index (χ3n) is 4.25. The number of hydrogen-bond acceptors (Lipinski definition) is 5. The van der Waals surface area contributed by atoms with Gasteiger partial charge in [0.15, 0.2) is 11.5 Å². The number of methoxy groups -OCH3 is 1. The summed E-state index contributed by atoms with van der Waals surface area (Å²) >= 11 is 4.37. The largest absolute Gasteiger partial charge is 0.493 e. The first kappa shape index (κ1) is 21.4. The zero-order valence-corrected chi connectivity index (χ0v) is 18.5. The fourth-order valence-corrected chi connectivity index (χ4v) is 4.16. The van der Waals surface area contributed by atoms with Gasteiger partial charge in [-0.05, 0) is 55.4 Å². The molecule has 0 atom stereocenters. The topological polar surface area (TPSA) is 55.8 Å². The molecule has 0 unspecified atom stereocenters. The molecule has 29 heavy (non-hydrogen) atoms. The number of carbonyl (C=O) groups excluding carboxylic acids is 2. The summed E-state index contributed by atoms with van der Waals surface area (Å²) in [6.45, 7) is 3.63. The number of thioether (sulfide) groups is 1. The predicted molar refractivity (Wildman–Crippen MR) is 114 cm³/mol. The summed E-state index contributed by atoms with van der Waals surface area (Å²) in [5.74, 6) is 0.192. The lowest BCUT2D eigenvalue weighted by molar-refractivity contribution is -0.123. The highest BCUT2D eigenvalue weighted by Crippen LogP contribution is 2.38. The Morgan fingerprint density at radius 1 is 1.21 bits per heavy atom. The maximum atomic E-state index is 13.8. The number of hydrogen-bond donors (Lipinski definition) is 0. The van der Waals surface area contributed by atoms with Gasteiger partial charge in [0.25, 0.3) is 11.1 Å². The van der Waals surface area contributed by atoms with E-state index >= 15 is 0 Å². The van der Waals surface area contributed by atoms with E-state index in [1.54, 1.807) is 50.3 Å². The molecular weight excluding hydrogens is 461 g/mol. The molecule has 0 bridgehead atoms. The third-order valence-corrected chi connectivity index (χ3v) is 5.82. The smallest absolute Gasteiger partial charge is 0.293 e. The van der Waals surface area contributed by atoms with Gasteiger partial charge >= 0.3 is 0 Å². The van der Waals surface area contributed by atoms with Crippen LogP contribution < -0.4 is 9.47 Å². The van der Waals surface area contributed by atoms with Crippen molar-refractivity contribution in [2.24, 2.45) is 0 Å². The van der Waals surface area contributed by atoms with E-state index in [0.29, 0.717) is 32.0 Å². The van der Waals surface area contributed by atoms with Crippen molar-refractivity contribution in [3.05, 3.63) is 62.7 Å². The monoisotopic (exact) mass is 479 g/mol.